The maximum atomic E-state index is 13.1. The van der Waals surface area contributed by atoms with Gasteiger partial charge in [0.1, 0.15) is 19.0 Å². The van der Waals surface area contributed by atoms with E-state index in [0.717, 1.165) is 5.56 Å². The molecular weight excluding hydrogens is 341 g/mol. The van der Waals surface area contributed by atoms with Crippen LogP contribution in [0.5, 0.6) is 0 Å². The van der Waals surface area contributed by atoms with Crippen molar-refractivity contribution in [2.24, 2.45) is 5.18 Å². The first-order valence-corrected chi connectivity index (χ1v) is 8.00. The molecule has 0 aliphatic carbocycles. The van der Waals surface area contributed by atoms with E-state index in [1.807, 2.05) is 6.07 Å². The predicted molar refractivity (Wildman–Crippen MR) is 92.3 cm³/mol. The van der Waals surface area contributed by atoms with Crippen molar-refractivity contribution in [3.05, 3.63) is 70.1 Å². The summed E-state index contributed by atoms with van der Waals surface area (Å²) in [6, 6.07) is 12.8. The molecule has 0 aliphatic heterocycles. The minimum absolute atomic E-state index is 0.0114. The number of alkyl halides is 1. The van der Waals surface area contributed by atoms with E-state index in [0.29, 0.717) is 0 Å². The Balaban J connectivity index is 2.26. The molecule has 0 heterocycles. The molecule has 0 amide bonds. The van der Waals surface area contributed by atoms with E-state index in [2.05, 4.69) is 5.18 Å². The average molecular weight is 359 g/mol. The molecule has 0 bridgehead atoms. The molecule has 136 valence electrons. The first kappa shape index (κ1) is 19.2. The van der Waals surface area contributed by atoms with E-state index < -0.39 is 24.5 Å². The van der Waals surface area contributed by atoms with Crippen molar-refractivity contribution in [1.82, 2.24) is 0 Å². The van der Waals surface area contributed by atoms with Crippen molar-refractivity contribution in [3.63, 3.8) is 0 Å². The fourth-order valence-corrected chi connectivity index (χ4v) is 2.39. The summed E-state index contributed by atoms with van der Waals surface area (Å²) in [6.07, 6.45) is 0. The number of nitroso groups, excluding NO2 is 1. The fraction of sp³-hybridized carbons (Fsp3) is 0.263. The normalized spacial score (nSPS) is 11.5. The standard InChI is InChI=1S/C19H18FNO5/c1-2-25-18(22)17(14-8-9-16(21-24)15(10-14)11-20)19(23)26-12-13-6-4-3-5-7-13/h3-10,17H,2,11-12H2,1H3. The Morgan fingerprint density at radius 2 is 1.77 bits per heavy atom. The molecule has 0 aliphatic rings. The number of nitrogens with zero attached hydrogens (tertiary/aromatic N) is 1. The SMILES string of the molecule is CCOC(=O)C(C(=O)OCc1ccccc1)c1ccc(N=O)c(CF)c1. The molecule has 0 N–H and O–H groups in total. The zero-order valence-electron chi connectivity index (χ0n) is 14.2. The van der Waals surface area contributed by atoms with E-state index in [1.54, 1.807) is 31.2 Å². The molecule has 2 aromatic rings. The van der Waals surface area contributed by atoms with Crippen LogP contribution in [0.2, 0.25) is 0 Å². The van der Waals surface area contributed by atoms with E-state index in [9.17, 15) is 18.9 Å². The lowest BCUT2D eigenvalue weighted by Gasteiger charge is -2.16. The van der Waals surface area contributed by atoms with Crippen LogP contribution in [0.3, 0.4) is 0 Å². The van der Waals surface area contributed by atoms with Gasteiger partial charge in [0.2, 0.25) is 0 Å². The van der Waals surface area contributed by atoms with Crippen LogP contribution >= 0.6 is 0 Å². The van der Waals surface area contributed by atoms with Gasteiger partial charge in [-0.25, -0.2) is 4.39 Å². The van der Waals surface area contributed by atoms with Gasteiger partial charge in [-0.05, 0) is 35.4 Å². The Hall–Kier alpha value is -3.09. The van der Waals surface area contributed by atoms with Gasteiger partial charge in [-0.2, -0.15) is 0 Å². The molecule has 0 radical (unpaired) electrons. The highest BCUT2D eigenvalue weighted by molar-refractivity contribution is 6.01. The molecule has 0 saturated heterocycles. The van der Waals surface area contributed by atoms with Gasteiger partial charge in [0.05, 0.1) is 6.61 Å². The van der Waals surface area contributed by atoms with E-state index in [4.69, 9.17) is 9.47 Å². The third kappa shape index (κ3) is 4.72. The summed E-state index contributed by atoms with van der Waals surface area (Å²) in [5.74, 6) is -2.99. The number of hydrogen-bond acceptors (Lipinski definition) is 6. The van der Waals surface area contributed by atoms with Crippen LogP contribution in [0.1, 0.15) is 29.5 Å². The summed E-state index contributed by atoms with van der Waals surface area (Å²) >= 11 is 0. The number of halogens is 1. The molecule has 1 atom stereocenters. The number of benzene rings is 2. The van der Waals surface area contributed by atoms with Crippen molar-refractivity contribution >= 4 is 17.6 Å². The molecule has 7 heteroatoms. The highest BCUT2D eigenvalue weighted by Gasteiger charge is 2.32. The number of esters is 2. The van der Waals surface area contributed by atoms with Crippen LogP contribution in [0, 0.1) is 4.91 Å². The Kier molecular flexibility index (Phi) is 6.96. The number of carbonyl (C=O) groups excluding carboxylic acids is 2. The molecule has 0 fully saturated rings. The summed E-state index contributed by atoms with van der Waals surface area (Å²) in [5.41, 5.74) is 0.842. The summed E-state index contributed by atoms with van der Waals surface area (Å²) in [4.78, 5) is 35.4. The van der Waals surface area contributed by atoms with Crippen LogP contribution < -0.4 is 0 Å². The first-order valence-electron chi connectivity index (χ1n) is 8.00. The minimum Gasteiger partial charge on any atom is -0.465 e. The number of rotatable bonds is 8. The summed E-state index contributed by atoms with van der Waals surface area (Å²) in [7, 11) is 0. The maximum Gasteiger partial charge on any atom is 0.325 e. The quantitative estimate of drug-likeness (QED) is 0.405. The first-order chi connectivity index (χ1) is 12.6. The van der Waals surface area contributed by atoms with Crippen LogP contribution in [0.15, 0.2) is 53.7 Å². The van der Waals surface area contributed by atoms with Gasteiger partial charge in [0.25, 0.3) is 0 Å². The van der Waals surface area contributed by atoms with Gasteiger partial charge in [-0.1, -0.05) is 36.4 Å². The van der Waals surface area contributed by atoms with Crippen LogP contribution in [-0.4, -0.2) is 18.5 Å². The predicted octanol–water partition coefficient (Wildman–Crippen LogP) is 3.94. The van der Waals surface area contributed by atoms with E-state index >= 15 is 0 Å². The largest absolute Gasteiger partial charge is 0.465 e. The molecule has 26 heavy (non-hydrogen) atoms. The molecule has 0 saturated carbocycles. The Morgan fingerprint density at radius 1 is 1.08 bits per heavy atom. The van der Waals surface area contributed by atoms with Gasteiger partial charge in [-0.3, -0.25) is 9.59 Å². The Bertz CT molecular complexity index is 779. The van der Waals surface area contributed by atoms with Gasteiger partial charge < -0.3 is 9.47 Å². The molecule has 1 unspecified atom stereocenters. The van der Waals surface area contributed by atoms with E-state index in [-0.39, 0.29) is 30.0 Å². The second-order valence-electron chi connectivity index (χ2n) is 5.39. The van der Waals surface area contributed by atoms with Crippen molar-refractivity contribution in [1.29, 1.82) is 0 Å². The number of ether oxygens (including phenoxy) is 2. The third-order valence-electron chi connectivity index (χ3n) is 3.66. The molecule has 0 aromatic heterocycles. The molecule has 6 nitrogen and oxygen atoms in total. The zero-order valence-corrected chi connectivity index (χ0v) is 14.2. The fourth-order valence-electron chi connectivity index (χ4n) is 2.39. The van der Waals surface area contributed by atoms with Gasteiger partial charge in [0, 0.05) is 5.56 Å². The summed E-state index contributed by atoms with van der Waals surface area (Å²) in [6.45, 7) is 0.713. The molecule has 2 aromatic carbocycles. The number of hydrogen-bond donors (Lipinski definition) is 0. The van der Waals surface area contributed by atoms with E-state index in [1.165, 1.54) is 18.2 Å². The number of carbonyl (C=O) groups is 2. The second-order valence-corrected chi connectivity index (χ2v) is 5.39. The lowest BCUT2D eigenvalue weighted by Crippen LogP contribution is -2.26. The highest BCUT2D eigenvalue weighted by Crippen LogP contribution is 2.27. The Morgan fingerprint density at radius 3 is 2.38 bits per heavy atom. The average Bonchev–Trinajstić information content (AvgIpc) is 2.67. The highest BCUT2D eigenvalue weighted by atomic mass is 19.1. The van der Waals surface area contributed by atoms with Crippen LogP contribution in [-0.2, 0) is 32.3 Å². The van der Waals surface area contributed by atoms with Gasteiger partial charge in [0.15, 0.2) is 5.92 Å². The topological polar surface area (TPSA) is 82.0 Å². The van der Waals surface area contributed by atoms with Crippen LogP contribution in [0.25, 0.3) is 0 Å². The van der Waals surface area contributed by atoms with Crippen molar-refractivity contribution in [2.45, 2.75) is 26.1 Å². The summed E-state index contributed by atoms with van der Waals surface area (Å²) in [5, 5.41) is 2.72. The zero-order chi connectivity index (χ0) is 18.9. The molecule has 2 rings (SSSR count). The lowest BCUT2D eigenvalue weighted by molar-refractivity contribution is -0.158. The van der Waals surface area contributed by atoms with Gasteiger partial charge in [-0.15, -0.1) is 4.91 Å². The molecule has 0 spiro atoms. The Labute approximate surface area is 149 Å². The minimum atomic E-state index is -1.37. The summed E-state index contributed by atoms with van der Waals surface area (Å²) < 4.78 is 23.3. The van der Waals surface area contributed by atoms with Crippen LogP contribution in [0.4, 0.5) is 10.1 Å². The van der Waals surface area contributed by atoms with Crippen molar-refractivity contribution in [2.75, 3.05) is 6.61 Å². The van der Waals surface area contributed by atoms with Crippen molar-refractivity contribution < 1.29 is 23.5 Å². The van der Waals surface area contributed by atoms with Gasteiger partial charge >= 0.3 is 11.9 Å². The molecular formula is C19H18FNO5. The monoisotopic (exact) mass is 359 g/mol. The maximum absolute atomic E-state index is 13.1. The smallest absolute Gasteiger partial charge is 0.325 e. The third-order valence-corrected chi connectivity index (χ3v) is 3.66. The second kappa shape index (κ2) is 9.41. The van der Waals surface area contributed by atoms with Crippen molar-refractivity contribution in [3.8, 4) is 0 Å². The lowest BCUT2D eigenvalue weighted by atomic mass is 9.96.